The van der Waals surface area contributed by atoms with Crippen molar-refractivity contribution in [2.75, 3.05) is 26.2 Å². The second kappa shape index (κ2) is 7.81. The number of rotatable bonds is 4. The van der Waals surface area contributed by atoms with Gasteiger partial charge >= 0.3 is 0 Å². The third-order valence-electron chi connectivity index (χ3n) is 5.36. The maximum atomic E-state index is 13.1. The smallest absolute Gasteiger partial charge is 0.254 e. The molecule has 3 heterocycles. The Hall–Kier alpha value is -2.96. The summed E-state index contributed by atoms with van der Waals surface area (Å²) < 4.78 is 5.42. The van der Waals surface area contributed by atoms with Crippen molar-refractivity contribution in [1.29, 1.82) is 0 Å². The summed E-state index contributed by atoms with van der Waals surface area (Å²) in [6, 6.07) is 17.8. The van der Waals surface area contributed by atoms with Gasteiger partial charge in [-0.1, -0.05) is 36.4 Å². The Balaban J connectivity index is 1.23. The highest BCUT2D eigenvalue weighted by Gasteiger charge is 2.24. The first-order chi connectivity index (χ1) is 14.3. The van der Waals surface area contributed by atoms with Gasteiger partial charge in [-0.05, 0) is 29.0 Å². The van der Waals surface area contributed by atoms with E-state index in [1.165, 1.54) is 0 Å². The number of benzene rings is 2. The third kappa shape index (κ3) is 3.69. The van der Waals surface area contributed by atoms with Crippen molar-refractivity contribution in [1.82, 2.24) is 14.8 Å². The van der Waals surface area contributed by atoms with Crippen molar-refractivity contribution in [3.63, 3.8) is 0 Å². The van der Waals surface area contributed by atoms with Gasteiger partial charge in [0.1, 0.15) is 10.7 Å². The molecule has 6 heteroatoms. The van der Waals surface area contributed by atoms with Crippen LogP contribution in [0.4, 0.5) is 0 Å². The molecule has 0 aliphatic carbocycles. The Morgan fingerprint density at radius 3 is 2.66 bits per heavy atom. The van der Waals surface area contributed by atoms with E-state index < -0.39 is 0 Å². The summed E-state index contributed by atoms with van der Waals surface area (Å²) in [7, 11) is 0. The summed E-state index contributed by atoms with van der Waals surface area (Å²) >= 11 is 1.65. The third-order valence-corrected chi connectivity index (χ3v) is 6.20. The molecule has 2 aromatic heterocycles. The lowest BCUT2D eigenvalue weighted by Crippen LogP contribution is -2.48. The van der Waals surface area contributed by atoms with Crippen molar-refractivity contribution < 1.29 is 9.21 Å². The van der Waals surface area contributed by atoms with Crippen LogP contribution in [0, 0.1) is 0 Å². The highest BCUT2D eigenvalue weighted by atomic mass is 32.1. The average Bonchev–Trinajstić information content (AvgIpc) is 3.45. The number of hydrogen-bond donors (Lipinski definition) is 0. The van der Waals surface area contributed by atoms with Gasteiger partial charge in [0, 0.05) is 37.1 Å². The molecule has 5 rings (SSSR count). The fourth-order valence-electron chi connectivity index (χ4n) is 3.80. The van der Waals surface area contributed by atoms with E-state index in [4.69, 9.17) is 4.42 Å². The Morgan fingerprint density at radius 2 is 1.83 bits per heavy atom. The predicted octanol–water partition coefficient (Wildman–Crippen LogP) is 4.51. The van der Waals surface area contributed by atoms with Crippen LogP contribution >= 0.6 is 11.3 Å². The second-order valence-corrected chi connectivity index (χ2v) is 8.14. The lowest BCUT2D eigenvalue weighted by atomic mass is 10.0. The van der Waals surface area contributed by atoms with E-state index in [0.717, 1.165) is 65.5 Å². The zero-order valence-corrected chi connectivity index (χ0v) is 16.8. The lowest BCUT2D eigenvalue weighted by Gasteiger charge is -2.34. The van der Waals surface area contributed by atoms with Crippen molar-refractivity contribution in [3.8, 4) is 11.5 Å². The minimum absolute atomic E-state index is 0.121. The summed E-state index contributed by atoms with van der Waals surface area (Å²) in [6.07, 6.45) is 1.67. The number of nitrogens with zero attached hydrogens (tertiary/aromatic N) is 3. The highest BCUT2D eigenvalue weighted by molar-refractivity contribution is 7.09. The molecule has 146 valence electrons. The molecular weight excluding hydrogens is 382 g/mol. The van der Waals surface area contributed by atoms with E-state index in [-0.39, 0.29) is 5.91 Å². The fourth-order valence-corrected chi connectivity index (χ4v) is 4.63. The van der Waals surface area contributed by atoms with E-state index in [1.807, 2.05) is 52.7 Å². The number of furan rings is 1. The molecule has 1 aliphatic heterocycles. The summed E-state index contributed by atoms with van der Waals surface area (Å²) in [5.74, 6) is 0.925. The van der Waals surface area contributed by atoms with Crippen LogP contribution in [0.2, 0.25) is 0 Å². The summed E-state index contributed by atoms with van der Waals surface area (Å²) in [5.41, 5.74) is 1.68. The number of thiazole rings is 1. The number of piperazine rings is 1. The van der Waals surface area contributed by atoms with E-state index in [0.29, 0.717) is 0 Å². The van der Waals surface area contributed by atoms with Gasteiger partial charge in [0.2, 0.25) is 0 Å². The Kier molecular flexibility index (Phi) is 4.87. The Morgan fingerprint density at radius 1 is 1.00 bits per heavy atom. The summed E-state index contributed by atoms with van der Waals surface area (Å²) in [6.45, 7) is 3.98. The van der Waals surface area contributed by atoms with Crippen molar-refractivity contribution >= 4 is 28.0 Å². The van der Waals surface area contributed by atoms with Gasteiger partial charge in [0.25, 0.3) is 5.91 Å². The topological polar surface area (TPSA) is 49.6 Å². The molecule has 0 saturated carbocycles. The molecule has 2 aromatic carbocycles. The van der Waals surface area contributed by atoms with E-state index >= 15 is 0 Å². The zero-order valence-electron chi connectivity index (χ0n) is 16.0. The first kappa shape index (κ1) is 18.1. The molecule has 1 aliphatic rings. The van der Waals surface area contributed by atoms with Crippen LogP contribution in [0.25, 0.3) is 22.2 Å². The molecule has 0 N–H and O–H groups in total. The number of aromatic nitrogens is 1. The van der Waals surface area contributed by atoms with E-state index in [2.05, 4.69) is 22.0 Å². The van der Waals surface area contributed by atoms with Crippen molar-refractivity contribution in [3.05, 3.63) is 76.8 Å². The molecule has 1 fully saturated rings. The van der Waals surface area contributed by atoms with Gasteiger partial charge in [-0.2, -0.15) is 0 Å². The van der Waals surface area contributed by atoms with Gasteiger partial charge < -0.3 is 9.32 Å². The van der Waals surface area contributed by atoms with Crippen molar-refractivity contribution in [2.24, 2.45) is 0 Å². The molecule has 0 unspecified atom stereocenters. The van der Waals surface area contributed by atoms with Crippen LogP contribution in [-0.4, -0.2) is 46.9 Å². The van der Waals surface area contributed by atoms with Gasteiger partial charge in [-0.3, -0.25) is 9.69 Å². The summed E-state index contributed by atoms with van der Waals surface area (Å²) in [4.78, 5) is 22.1. The second-order valence-electron chi connectivity index (χ2n) is 7.20. The monoisotopic (exact) mass is 403 g/mol. The predicted molar refractivity (Wildman–Crippen MR) is 115 cm³/mol. The summed E-state index contributed by atoms with van der Waals surface area (Å²) in [5, 5.41) is 5.24. The van der Waals surface area contributed by atoms with E-state index in [1.54, 1.807) is 17.6 Å². The van der Waals surface area contributed by atoms with Crippen LogP contribution in [0.1, 0.15) is 15.4 Å². The minimum atomic E-state index is 0.121. The van der Waals surface area contributed by atoms with Crippen LogP contribution in [-0.2, 0) is 6.54 Å². The number of amides is 1. The Bertz CT molecular complexity index is 1120. The fraction of sp³-hybridized carbons (Fsp3) is 0.217. The molecule has 0 bridgehead atoms. The number of fused-ring (bicyclic) bond motifs is 1. The highest BCUT2D eigenvalue weighted by Crippen LogP contribution is 2.24. The molecule has 5 nitrogen and oxygen atoms in total. The Labute approximate surface area is 173 Å². The van der Waals surface area contributed by atoms with Gasteiger partial charge in [-0.25, -0.2) is 4.98 Å². The minimum Gasteiger partial charge on any atom is -0.463 e. The van der Waals surface area contributed by atoms with Gasteiger partial charge in [0.15, 0.2) is 5.76 Å². The number of carbonyl (C=O) groups excluding carboxylic acids is 1. The normalized spacial score (nSPS) is 15.1. The standard InChI is InChI=1S/C23H21N3O2S/c27-23(19-8-3-6-17-5-1-2-7-18(17)19)26-12-10-25(11-13-26)15-22-24-20(16-29-22)21-9-4-14-28-21/h1-9,14,16H,10-13,15H2. The maximum Gasteiger partial charge on any atom is 0.254 e. The molecule has 0 radical (unpaired) electrons. The van der Waals surface area contributed by atoms with Crippen LogP contribution in [0.3, 0.4) is 0 Å². The molecule has 29 heavy (non-hydrogen) atoms. The molecule has 4 aromatic rings. The van der Waals surface area contributed by atoms with Crippen LogP contribution in [0.15, 0.2) is 70.7 Å². The van der Waals surface area contributed by atoms with E-state index in [9.17, 15) is 4.79 Å². The lowest BCUT2D eigenvalue weighted by molar-refractivity contribution is 0.0630. The largest absolute Gasteiger partial charge is 0.463 e. The van der Waals surface area contributed by atoms with Crippen LogP contribution in [0.5, 0.6) is 0 Å². The molecule has 0 atom stereocenters. The van der Waals surface area contributed by atoms with Gasteiger partial charge in [0.05, 0.1) is 12.8 Å². The quantitative estimate of drug-likeness (QED) is 0.503. The first-order valence-corrected chi connectivity index (χ1v) is 10.6. The molecular formula is C23H21N3O2S. The number of hydrogen-bond acceptors (Lipinski definition) is 5. The zero-order chi connectivity index (χ0) is 19.6. The first-order valence-electron chi connectivity index (χ1n) is 9.75. The van der Waals surface area contributed by atoms with Crippen LogP contribution < -0.4 is 0 Å². The SMILES string of the molecule is O=C(c1cccc2ccccc12)N1CCN(Cc2nc(-c3ccco3)cs2)CC1. The molecule has 1 saturated heterocycles. The maximum absolute atomic E-state index is 13.1. The average molecular weight is 404 g/mol. The van der Waals surface area contributed by atoms with Crippen molar-refractivity contribution in [2.45, 2.75) is 6.54 Å². The molecule has 0 spiro atoms. The molecule has 1 amide bonds. The number of carbonyl (C=O) groups is 1. The van der Waals surface area contributed by atoms with Gasteiger partial charge in [-0.15, -0.1) is 11.3 Å².